The van der Waals surface area contributed by atoms with Gasteiger partial charge in [0.05, 0.1) is 11.8 Å². The summed E-state index contributed by atoms with van der Waals surface area (Å²) in [6.45, 7) is 0.517. The number of hydrogen-bond acceptors (Lipinski definition) is 3. The largest absolute Gasteiger partial charge is 0.481 e. The zero-order valence-corrected chi connectivity index (χ0v) is 15.7. The van der Waals surface area contributed by atoms with Gasteiger partial charge in [-0.25, -0.2) is 0 Å². The monoisotopic (exact) mass is 379 g/mol. The number of aliphatic carboxylic acids is 1. The van der Waals surface area contributed by atoms with Crippen LogP contribution in [-0.4, -0.2) is 23.5 Å². The van der Waals surface area contributed by atoms with Gasteiger partial charge >= 0.3 is 5.97 Å². The number of carbonyl (C=O) groups is 2. The molecule has 0 unspecified atom stereocenters. The van der Waals surface area contributed by atoms with Gasteiger partial charge in [-0.3, -0.25) is 9.59 Å². The minimum absolute atomic E-state index is 0.142. The Morgan fingerprint density at radius 2 is 1.70 bits per heavy atom. The molecule has 2 N–H and O–H groups in total. The quantitative estimate of drug-likeness (QED) is 0.684. The number of benzene rings is 2. The van der Waals surface area contributed by atoms with Crippen LogP contribution in [0.25, 0.3) is 10.1 Å². The van der Waals surface area contributed by atoms with Gasteiger partial charge in [-0.05, 0) is 47.9 Å². The number of fused-ring (bicyclic) bond motifs is 2. The molecule has 0 fully saturated rings. The first-order chi connectivity index (χ1) is 13.1. The molecule has 0 bridgehead atoms. The van der Waals surface area contributed by atoms with Crippen molar-refractivity contribution in [3.05, 3.63) is 70.6 Å². The third-order valence-corrected chi connectivity index (χ3v) is 6.46. The highest BCUT2D eigenvalue weighted by atomic mass is 32.1. The molecule has 0 saturated carbocycles. The third-order valence-electron chi connectivity index (χ3n) is 5.28. The topological polar surface area (TPSA) is 66.4 Å². The molecule has 27 heavy (non-hydrogen) atoms. The van der Waals surface area contributed by atoms with Crippen LogP contribution in [0, 0.1) is 5.41 Å². The predicted molar refractivity (Wildman–Crippen MR) is 107 cm³/mol. The Bertz CT molecular complexity index is 949. The number of carbonyl (C=O) groups excluding carboxylic acids is 1. The summed E-state index contributed by atoms with van der Waals surface area (Å²) in [6.07, 6.45) is 1.59. The van der Waals surface area contributed by atoms with Gasteiger partial charge in [0.25, 0.3) is 0 Å². The molecule has 0 saturated heterocycles. The van der Waals surface area contributed by atoms with Crippen molar-refractivity contribution in [2.75, 3.05) is 6.54 Å². The molecule has 0 atom stereocenters. The zero-order chi connectivity index (χ0) is 18.9. The average Bonchev–Trinajstić information content (AvgIpc) is 3.21. The fourth-order valence-electron chi connectivity index (χ4n) is 4.00. The van der Waals surface area contributed by atoms with E-state index < -0.39 is 11.4 Å². The molecule has 4 nitrogen and oxygen atoms in total. The van der Waals surface area contributed by atoms with Crippen molar-refractivity contribution in [2.45, 2.75) is 25.7 Å². The molecule has 5 heteroatoms. The molecule has 4 rings (SSSR count). The van der Waals surface area contributed by atoms with Gasteiger partial charge in [0, 0.05) is 16.1 Å². The molecule has 2 aromatic carbocycles. The maximum absolute atomic E-state index is 13.0. The molecule has 3 aromatic rings. The highest BCUT2D eigenvalue weighted by molar-refractivity contribution is 7.19. The Kier molecular flexibility index (Phi) is 4.70. The zero-order valence-electron chi connectivity index (χ0n) is 14.9. The fourth-order valence-corrected chi connectivity index (χ4v) is 5.06. The fraction of sp³-hybridized carbons (Fsp3) is 0.273. The SMILES string of the molecule is O=C(O)CC1(C(=O)NCCc2cc3ccccc3s2)Cc2ccccc2C1. The van der Waals surface area contributed by atoms with Crippen molar-refractivity contribution in [2.24, 2.45) is 5.41 Å². The maximum atomic E-state index is 13.0. The normalized spacial score (nSPS) is 14.8. The Morgan fingerprint density at radius 3 is 2.37 bits per heavy atom. The van der Waals surface area contributed by atoms with Crippen molar-refractivity contribution in [1.29, 1.82) is 0 Å². The van der Waals surface area contributed by atoms with E-state index in [9.17, 15) is 14.7 Å². The van der Waals surface area contributed by atoms with E-state index in [1.807, 2.05) is 36.4 Å². The van der Waals surface area contributed by atoms with Gasteiger partial charge in [-0.15, -0.1) is 11.3 Å². The molecule has 0 aliphatic heterocycles. The first-order valence-electron chi connectivity index (χ1n) is 9.10. The van der Waals surface area contributed by atoms with Crippen molar-refractivity contribution in [3.63, 3.8) is 0 Å². The summed E-state index contributed by atoms with van der Waals surface area (Å²) in [5.74, 6) is -1.08. The number of carboxylic acid groups (broad SMARTS) is 1. The standard InChI is InChI=1S/C22H21NO3S/c24-20(25)14-22(12-16-6-1-2-7-17(16)13-22)21(26)23-10-9-18-11-15-5-3-4-8-19(15)27-18/h1-8,11H,9-10,12-14H2,(H,23,26)(H,24,25). The van der Waals surface area contributed by atoms with Gasteiger partial charge < -0.3 is 10.4 Å². The summed E-state index contributed by atoms with van der Waals surface area (Å²) in [6, 6.07) is 18.2. The maximum Gasteiger partial charge on any atom is 0.304 e. The van der Waals surface area contributed by atoms with Crippen molar-refractivity contribution < 1.29 is 14.7 Å². The van der Waals surface area contributed by atoms with Crippen LogP contribution in [0.15, 0.2) is 54.6 Å². The number of carboxylic acids is 1. The first kappa shape index (κ1) is 17.7. The molecule has 1 heterocycles. The molecule has 138 valence electrons. The van der Waals surface area contributed by atoms with Gasteiger partial charge in [0.15, 0.2) is 0 Å². The number of amides is 1. The summed E-state index contributed by atoms with van der Waals surface area (Å²) in [5, 5.41) is 13.6. The van der Waals surface area contributed by atoms with Crippen LogP contribution in [0.1, 0.15) is 22.4 Å². The van der Waals surface area contributed by atoms with Crippen LogP contribution in [0.4, 0.5) is 0 Å². The Labute approximate surface area is 161 Å². The van der Waals surface area contributed by atoms with Crippen LogP contribution in [-0.2, 0) is 28.9 Å². The first-order valence-corrected chi connectivity index (χ1v) is 9.92. The molecule has 0 spiro atoms. The summed E-state index contributed by atoms with van der Waals surface area (Å²) in [4.78, 5) is 25.6. The summed E-state index contributed by atoms with van der Waals surface area (Å²) in [7, 11) is 0. The molecular formula is C22H21NO3S. The highest BCUT2D eigenvalue weighted by Crippen LogP contribution is 2.40. The summed E-state index contributed by atoms with van der Waals surface area (Å²) >= 11 is 1.74. The van der Waals surface area contributed by atoms with Crippen LogP contribution in [0.2, 0.25) is 0 Å². The molecule has 1 aromatic heterocycles. The lowest BCUT2D eigenvalue weighted by Crippen LogP contribution is -2.44. The molecule has 0 radical (unpaired) electrons. The molecule has 1 aliphatic rings. The van der Waals surface area contributed by atoms with Crippen molar-refractivity contribution in [1.82, 2.24) is 5.32 Å². The van der Waals surface area contributed by atoms with Crippen LogP contribution in [0.5, 0.6) is 0 Å². The second-order valence-corrected chi connectivity index (χ2v) is 8.40. The summed E-state index contributed by atoms with van der Waals surface area (Å²) in [5.41, 5.74) is 1.28. The Hall–Kier alpha value is -2.66. The highest BCUT2D eigenvalue weighted by Gasteiger charge is 2.45. The van der Waals surface area contributed by atoms with E-state index in [1.165, 1.54) is 15.0 Å². The summed E-state index contributed by atoms with van der Waals surface area (Å²) < 4.78 is 1.24. The lowest BCUT2D eigenvalue weighted by molar-refractivity contribution is -0.145. The molecular weight excluding hydrogens is 358 g/mol. The minimum atomic E-state index is -0.928. The number of hydrogen-bond donors (Lipinski definition) is 2. The minimum Gasteiger partial charge on any atom is -0.481 e. The second kappa shape index (κ2) is 7.16. The van der Waals surface area contributed by atoms with Gasteiger partial charge in [-0.1, -0.05) is 42.5 Å². The van der Waals surface area contributed by atoms with Crippen LogP contribution in [0.3, 0.4) is 0 Å². The smallest absolute Gasteiger partial charge is 0.304 e. The van der Waals surface area contributed by atoms with Crippen LogP contribution < -0.4 is 5.32 Å². The van der Waals surface area contributed by atoms with Crippen molar-refractivity contribution in [3.8, 4) is 0 Å². The molecule has 1 amide bonds. The van der Waals surface area contributed by atoms with E-state index in [0.717, 1.165) is 17.5 Å². The predicted octanol–water partition coefficient (Wildman–Crippen LogP) is 3.82. The third kappa shape index (κ3) is 3.60. The lowest BCUT2D eigenvalue weighted by atomic mass is 9.80. The lowest BCUT2D eigenvalue weighted by Gasteiger charge is -2.26. The van der Waals surface area contributed by atoms with E-state index in [0.29, 0.717) is 19.4 Å². The Balaban J connectivity index is 1.44. The van der Waals surface area contributed by atoms with E-state index in [1.54, 1.807) is 11.3 Å². The van der Waals surface area contributed by atoms with Gasteiger partial charge in [0.1, 0.15) is 0 Å². The van der Waals surface area contributed by atoms with Gasteiger partial charge in [-0.2, -0.15) is 0 Å². The van der Waals surface area contributed by atoms with E-state index in [4.69, 9.17) is 0 Å². The van der Waals surface area contributed by atoms with E-state index >= 15 is 0 Å². The Morgan fingerprint density at radius 1 is 1.04 bits per heavy atom. The number of rotatable bonds is 6. The van der Waals surface area contributed by atoms with E-state index in [2.05, 4.69) is 23.5 Å². The van der Waals surface area contributed by atoms with E-state index in [-0.39, 0.29) is 12.3 Å². The number of nitrogens with one attached hydrogen (secondary N) is 1. The second-order valence-electron chi connectivity index (χ2n) is 7.23. The average molecular weight is 379 g/mol. The van der Waals surface area contributed by atoms with Gasteiger partial charge in [0.2, 0.25) is 5.91 Å². The molecule has 1 aliphatic carbocycles. The van der Waals surface area contributed by atoms with Crippen LogP contribution >= 0.6 is 11.3 Å². The van der Waals surface area contributed by atoms with Crippen molar-refractivity contribution >= 4 is 33.3 Å². The number of thiophene rings is 1.